The van der Waals surface area contributed by atoms with E-state index >= 15 is 0 Å². The van der Waals surface area contributed by atoms with Gasteiger partial charge in [-0.05, 0) is 24.2 Å². The van der Waals surface area contributed by atoms with Crippen LogP contribution < -0.4 is 0 Å². The lowest BCUT2D eigenvalue weighted by molar-refractivity contribution is 0.0996. The first-order valence-electron chi connectivity index (χ1n) is 6.60. The fourth-order valence-corrected chi connectivity index (χ4v) is 2.35. The highest BCUT2D eigenvalue weighted by Crippen LogP contribution is 2.37. The smallest absolute Gasteiger partial charge is 0.280 e. The third-order valence-corrected chi connectivity index (χ3v) is 8.33. The van der Waals surface area contributed by atoms with E-state index in [0.29, 0.717) is 5.56 Å². The van der Waals surface area contributed by atoms with Crippen molar-refractivity contribution in [3.63, 3.8) is 0 Å². The largest absolute Gasteiger partial charge is 0.414 e. The van der Waals surface area contributed by atoms with Crippen LogP contribution in [-0.4, -0.2) is 25.0 Å². The fraction of sp³-hybridized carbons (Fsp3) is 0.643. The van der Waals surface area contributed by atoms with Gasteiger partial charge in [-0.25, -0.2) is 8.78 Å². The van der Waals surface area contributed by atoms with Crippen LogP contribution in [-0.2, 0) is 4.43 Å². The molecule has 0 saturated heterocycles. The molecule has 0 aliphatic rings. The average molecular weight is 303 g/mol. The maximum Gasteiger partial charge on any atom is 0.280 e. The lowest BCUT2D eigenvalue weighted by Gasteiger charge is -2.36. The van der Waals surface area contributed by atoms with Crippen LogP contribution >= 0.6 is 0 Å². The van der Waals surface area contributed by atoms with Gasteiger partial charge in [0, 0.05) is 11.8 Å². The summed E-state index contributed by atoms with van der Waals surface area (Å²) in [6.45, 7) is 10.7. The molecule has 1 aromatic rings. The lowest BCUT2D eigenvalue weighted by Crippen LogP contribution is -2.41. The van der Waals surface area contributed by atoms with Gasteiger partial charge in [-0.15, -0.1) is 0 Å². The van der Waals surface area contributed by atoms with Crippen molar-refractivity contribution < 1.29 is 18.3 Å². The van der Waals surface area contributed by atoms with E-state index in [4.69, 9.17) is 4.43 Å². The van der Waals surface area contributed by atoms with E-state index in [9.17, 15) is 13.9 Å². The van der Waals surface area contributed by atoms with Gasteiger partial charge in [-0.1, -0.05) is 26.8 Å². The second-order valence-corrected chi connectivity index (χ2v) is 11.2. The Morgan fingerprint density at radius 2 is 1.90 bits per heavy atom. The Morgan fingerprint density at radius 3 is 2.30 bits per heavy atom. The van der Waals surface area contributed by atoms with Gasteiger partial charge in [0.05, 0.1) is 6.61 Å². The molecule has 1 unspecified atom stereocenters. The molecule has 0 fully saturated rings. The van der Waals surface area contributed by atoms with Crippen LogP contribution in [0.25, 0.3) is 0 Å². The van der Waals surface area contributed by atoms with Crippen molar-refractivity contribution in [1.29, 1.82) is 0 Å². The number of halogens is 2. The highest BCUT2D eigenvalue weighted by molar-refractivity contribution is 6.74. The standard InChI is InChI=1S/C14H23F2NO2Si/c1-14(2,3)20(4,5)19-9-12(18)10-6-7-11(13(15)16)17-8-10/h6-8,12-13,18H,9H2,1-5H3. The number of pyridine rings is 1. The number of aliphatic hydroxyl groups is 1. The van der Waals surface area contributed by atoms with E-state index in [1.54, 1.807) is 0 Å². The number of nitrogens with zero attached hydrogens (tertiary/aromatic N) is 1. The second-order valence-electron chi connectivity index (χ2n) is 6.40. The molecule has 0 spiro atoms. The molecule has 0 bridgehead atoms. The SMILES string of the molecule is CC(C)(C)[Si](C)(C)OCC(O)c1ccc(C(F)F)nc1. The van der Waals surface area contributed by atoms with Crippen molar-refractivity contribution >= 4 is 8.32 Å². The first kappa shape index (κ1) is 17.2. The number of rotatable bonds is 5. The number of aromatic nitrogens is 1. The highest BCUT2D eigenvalue weighted by Gasteiger charge is 2.37. The van der Waals surface area contributed by atoms with Crippen molar-refractivity contribution in [1.82, 2.24) is 4.98 Å². The molecule has 1 aromatic heterocycles. The lowest BCUT2D eigenvalue weighted by atomic mass is 10.1. The third kappa shape index (κ3) is 4.33. The molecule has 0 aromatic carbocycles. The molecule has 6 heteroatoms. The maximum absolute atomic E-state index is 12.4. The summed E-state index contributed by atoms with van der Waals surface area (Å²) in [4.78, 5) is 3.64. The molecule has 114 valence electrons. The summed E-state index contributed by atoms with van der Waals surface area (Å²) in [7, 11) is -1.93. The second kappa shape index (κ2) is 6.28. The Labute approximate surface area is 120 Å². The van der Waals surface area contributed by atoms with Crippen LogP contribution in [0.4, 0.5) is 8.78 Å². The molecular formula is C14H23F2NO2Si. The van der Waals surface area contributed by atoms with E-state index in [1.165, 1.54) is 18.3 Å². The summed E-state index contributed by atoms with van der Waals surface area (Å²) in [6.07, 6.45) is -2.16. The molecule has 20 heavy (non-hydrogen) atoms. The molecule has 1 atom stereocenters. The monoisotopic (exact) mass is 303 g/mol. The molecule has 0 radical (unpaired) electrons. The zero-order valence-electron chi connectivity index (χ0n) is 12.7. The topological polar surface area (TPSA) is 42.4 Å². The van der Waals surface area contributed by atoms with Gasteiger partial charge in [-0.3, -0.25) is 4.98 Å². The van der Waals surface area contributed by atoms with Crippen LogP contribution in [0.1, 0.15) is 44.6 Å². The molecule has 1 rings (SSSR count). The number of hydrogen-bond acceptors (Lipinski definition) is 3. The quantitative estimate of drug-likeness (QED) is 0.834. The van der Waals surface area contributed by atoms with E-state index in [-0.39, 0.29) is 17.3 Å². The molecule has 0 amide bonds. The van der Waals surface area contributed by atoms with Gasteiger partial charge in [0.25, 0.3) is 6.43 Å². The minimum atomic E-state index is -2.59. The first-order valence-corrected chi connectivity index (χ1v) is 9.51. The molecule has 0 aliphatic heterocycles. The van der Waals surface area contributed by atoms with Crippen LogP contribution in [0.5, 0.6) is 0 Å². The Hall–Kier alpha value is -0.853. The summed E-state index contributed by atoms with van der Waals surface area (Å²) in [5.74, 6) is 0. The van der Waals surface area contributed by atoms with E-state index in [0.717, 1.165) is 0 Å². The maximum atomic E-state index is 12.4. The minimum Gasteiger partial charge on any atom is -0.414 e. The minimum absolute atomic E-state index is 0.0600. The predicted octanol–water partition coefficient (Wildman–Crippen LogP) is 4.07. The van der Waals surface area contributed by atoms with Crippen molar-refractivity contribution in [3.8, 4) is 0 Å². The summed E-state index contributed by atoms with van der Waals surface area (Å²) < 4.78 is 30.7. The van der Waals surface area contributed by atoms with Crippen molar-refractivity contribution in [3.05, 3.63) is 29.6 Å². The van der Waals surface area contributed by atoms with Gasteiger partial charge >= 0.3 is 0 Å². The summed E-state index contributed by atoms with van der Waals surface area (Å²) >= 11 is 0. The Morgan fingerprint density at radius 1 is 1.30 bits per heavy atom. The summed E-state index contributed by atoms with van der Waals surface area (Å²) in [5.41, 5.74) is 0.208. The molecule has 1 N–H and O–H groups in total. The van der Waals surface area contributed by atoms with Gasteiger partial charge in [0.2, 0.25) is 0 Å². The van der Waals surface area contributed by atoms with E-state index in [1.807, 2.05) is 0 Å². The van der Waals surface area contributed by atoms with Gasteiger partial charge in [0.1, 0.15) is 11.8 Å². The van der Waals surface area contributed by atoms with Crippen LogP contribution in [0.2, 0.25) is 18.1 Å². The van der Waals surface area contributed by atoms with Crippen molar-refractivity contribution in [2.45, 2.75) is 51.4 Å². The average Bonchev–Trinajstić information content (AvgIpc) is 2.34. The molecule has 1 heterocycles. The Bertz CT molecular complexity index is 430. The number of alkyl halides is 2. The zero-order chi connectivity index (χ0) is 15.6. The normalized spacial score (nSPS) is 14.7. The van der Waals surface area contributed by atoms with Crippen LogP contribution in [0, 0.1) is 0 Å². The molecule has 0 saturated carbocycles. The molecular weight excluding hydrogens is 280 g/mol. The van der Waals surface area contributed by atoms with Gasteiger partial charge in [0.15, 0.2) is 8.32 Å². The van der Waals surface area contributed by atoms with Crippen LogP contribution in [0.15, 0.2) is 18.3 Å². The summed E-state index contributed by atoms with van der Waals surface area (Å²) in [6, 6.07) is 2.70. The fourth-order valence-electron chi connectivity index (χ4n) is 1.34. The van der Waals surface area contributed by atoms with Gasteiger partial charge in [-0.2, -0.15) is 0 Å². The van der Waals surface area contributed by atoms with E-state index < -0.39 is 20.8 Å². The van der Waals surface area contributed by atoms with Crippen molar-refractivity contribution in [2.75, 3.05) is 6.61 Å². The van der Waals surface area contributed by atoms with Gasteiger partial charge < -0.3 is 9.53 Å². The highest BCUT2D eigenvalue weighted by atomic mass is 28.4. The zero-order valence-corrected chi connectivity index (χ0v) is 13.7. The van der Waals surface area contributed by atoms with Crippen molar-refractivity contribution in [2.24, 2.45) is 0 Å². The Kier molecular flexibility index (Phi) is 5.40. The van der Waals surface area contributed by atoms with E-state index in [2.05, 4.69) is 38.8 Å². The number of aliphatic hydroxyl groups excluding tert-OH is 1. The molecule has 0 aliphatic carbocycles. The number of hydrogen-bond donors (Lipinski definition) is 1. The first-order chi connectivity index (χ1) is 9.04. The predicted molar refractivity (Wildman–Crippen MR) is 77.3 cm³/mol. The summed E-state index contributed by atoms with van der Waals surface area (Å²) in [5, 5.41) is 10.1. The Balaban J connectivity index is 2.65. The molecule has 3 nitrogen and oxygen atoms in total. The van der Waals surface area contributed by atoms with Crippen LogP contribution in [0.3, 0.4) is 0 Å². The third-order valence-electron chi connectivity index (χ3n) is 3.83.